The minimum Gasteiger partial charge on any atom is -0.497 e. The van der Waals surface area contributed by atoms with Crippen LogP contribution in [0, 0.1) is 5.92 Å². The summed E-state index contributed by atoms with van der Waals surface area (Å²) in [6.07, 6.45) is 3.68. The molecule has 2 aliphatic heterocycles. The second-order valence-corrected chi connectivity index (χ2v) is 8.26. The van der Waals surface area contributed by atoms with Gasteiger partial charge in [0.1, 0.15) is 11.8 Å². The maximum Gasteiger partial charge on any atom is 0.252 e. The number of nitrogens with one attached hydrogen (secondary N) is 2. The quantitative estimate of drug-likeness (QED) is 0.670. The molecular weight excluding hydrogens is 400 g/mol. The molecule has 0 aromatic heterocycles. The number of rotatable bonds is 6. The molecule has 0 bridgehead atoms. The molecule has 8 heteroatoms. The van der Waals surface area contributed by atoms with E-state index in [1.807, 2.05) is 11.8 Å². The Morgan fingerprint density at radius 2 is 1.87 bits per heavy atom. The van der Waals surface area contributed by atoms with E-state index in [1.165, 1.54) is 0 Å². The molecule has 2 amide bonds. The third kappa shape index (κ3) is 5.41. The van der Waals surface area contributed by atoms with Crippen molar-refractivity contribution in [3.05, 3.63) is 29.8 Å². The molecule has 1 aromatic rings. The lowest BCUT2D eigenvalue weighted by Gasteiger charge is -2.38. The van der Waals surface area contributed by atoms with Gasteiger partial charge < -0.3 is 25.2 Å². The van der Waals surface area contributed by atoms with Crippen LogP contribution in [0.2, 0.25) is 0 Å². The summed E-state index contributed by atoms with van der Waals surface area (Å²) in [6, 6.07) is 6.51. The van der Waals surface area contributed by atoms with Crippen LogP contribution in [0.3, 0.4) is 0 Å². The first-order valence-corrected chi connectivity index (χ1v) is 11.2. The van der Waals surface area contributed by atoms with Gasteiger partial charge in [0.05, 0.1) is 7.11 Å². The molecule has 0 radical (unpaired) electrons. The molecule has 2 saturated heterocycles. The lowest BCUT2D eigenvalue weighted by atomic mass is 9.88. The number of hydrogen-bond donors (Lipinski definition) is 2. The van der Waals surface area contributed by atoms with Crippen LogP contribution in [0.4, 0.5) is 0 Å². The molecule has 1 aromatic carbocycles. The van der Waals surface area contributed by atoms with Crippen molar-refractivity contribution in [1.82, 2.24) is 20.4 Å². The van der Waals surface area contributed by atoms with Gasteiger partial charge in [-0.3, -0.25) is 9.59 Å². The largest absolute Gasteiger partial charge is 0.497 e. The fourth-order valence-electron chi connectivity index (χ4n) is 4.20. The van der Waals surface area contributed by atoms with Crippen LogP contribution >= 0.6 is 12.2 Å². The number of likely N-dealkylation sites (tertiary alicyclic amines) is 2. The van der Waals surface area contributed by atoms with Crippen LogP contribution < -0.4 is 15.4 Å². The van der Waals surface area contributed by atoms with E-state index in [1.54, 1.807) is 31.4 Å². The van der Waals surface area contributed by atoms with Crippen molar-refractivity contribution in [2.75, 3.05) is 39.8 Å². The Hall–Kier alpha value is -2.35. The molecular formula is C22H32N4O3S. The van der Waals surface area contributed by atoms with E-state index in [2.05, 4.69) is 15.5 Å². The first-order valence-electron chi connectivity index (χ1n) is 10.8. The Morgan fingerprint density at radius 1 is 1.17 bits per heavy atom. The predicted molar refractivity (Wildman–Crippen MR) is 121 cm³/mol. The molecule has 0 unspecified atom stereocenters. The smallest absolute Gasteiger partial charge is 0.252 e. The first kappa shape index (κ1) is 22.3. The zero-order valence-electron chi connectivity index (χ0n) is 17.9. The molecule has 0 aliphatic carbocycles. The van der Waals surface area contributed by atoms with E-state index in [0.29, 0.717) is 11.3 Å². The second kappa shape index (κ2) is 10.6. The highest BCUT2D eigenvalue weighted by atomic mass is 32.1. The fraction of sp³-hybridized carbons (Fsp3) is 0.591. The lowest BCUT2D eigenvalue weighted by Crippen LogP contribution is -2.55. The van der Waals surface area contributed by atoms with E-state index >= 15 is 0 Å². The topological polar surface area (TPSA) is 73.9 Å². The van der Waals surface area contributed by atoms with Gasteiger partial charge in [0.15, 0.2) is 5.11 Å². The number of ether oxygens (including phenoxy) is 1. The second-order valence-electron chi connectivity index (χ2n) is 7.88. The van der Waals surface area contributed by atoms with E-state index in [4.69, 9.17) is 17.0 Å². The Bertz CT molecular complexity index is 759. The fourth-order valence-corrected chi connectivity index (χ4v) is 4.53. The molecule has 1 atom stereocenters. The Kier molecular flexibility index (Phi) is 7.90. The van der Waals surface area contributed by atoms with Gasteiger partial charge in [0, 0.05) is 38.3 Å². The summed E-state index contributed by atoms with van der Waals surface area (Å²) < 4.78 is 5.23. The van der Waals surface area contributed by atoms with Crippen molar-refractivity contribution in [3.63, 3.8) is 0 Å². The zero-order chi connectivity index (χ0) is 21.5. The molecule has 3 rings (SSSR count). The number of methoxy groups -OCH3 is 1. The average Bonchev–Trinajstić information content (AvgIpc) is 3.32. The summed E-state index contributed by atoms with van der Waals surface area (Å²) in [4.78, 5) is 30.3. The molecule has 2 N–H and O–H groups in total. The summed E-state index contributed by atoms with van der Waals surface area (Å²) in [7, 11) is 1.57. The zero-order valence-corrected chi connectivity index (χ0v) is 18.7. The number of amides is 2. The van der Waals surface area contributed by atoms with Crippen LogP contribution in [0.15, 0.2) is 24.3 Å². The number of thiocarbonyl (C=S) groups is 1. The minimum atomic E-state index is -0.517. The van der Waals surface area contributed by atoms with Gasteiger partial charge in [0.2, 0.25) is 5.91 Å². The monoisotopic (exact) mass is 432 g/mol. The first-order chi connectivity index (χ1) is 14.5. The van der Waals surface area contributed by atoms with Crippen LogP contribution in [0.25, 0.3) is 0 Å². The summed E-state index contributed by atoms with van der Waals surface area (Å²) in [5.41, 5.74) is 0.499. The van der Waals surface area contributed by atoms with Crippen LogP contribution in [0.5, 0.6) is 5.75 Å². The Balaban J connectivity index is 1.71. The molecule has 30 heavy (non-hydrogen) atoms. The minimum absolute atomic E-state index is 0.0384. The molecule has 0 saturated carbocycles. The number of carbonyl (C=O) groups is 2. The van der Waals surface area contributed by atoms with Crippen molar-refractivity contribution in [3.8, 4) is 5.75 Å². The summed E-state index contributed by atoms with van der Waals surface area (Å²) >= 11 is 5.43. The molecule has 7 nitrogen and oxygen atoms in total. The van der Waals surface area contributed by atoms with Crippen LogP contribution in [0.1, 0.15) is 43.0 Å². The average molecular weight is 433 g/mol. The highest BCUT2D eigenvalue weighted by molar-refractivity contribution is 7.80. The highest BCUT2D eigenvalue weighted by Crippen LogP contribution is 2.24. The van der Waals surface area contributed by atoms with Gasteiger partial charge in [-0.1, -0.05) is 6.07 Å². The van der Waals surface area contributed by atoms with Gasteiger partial charge in [-0.2, -0.15) is 0 Å². The van der Waals surface area contributed by atoms with Crippen molar-refractivity contribution < 1.29 is 14.3 Å². The van der Waals surface area contributed by atoms with Gasteiger partial charge in [-0.05, 0) is 68.9 Å². The highest BCUT2D eigenvalue weighted by Gasteiger charge is 2.36. The number of hydrogen-bond acceptors (Lipinski definition) is 4. The molecule has 164 valence electrons. The van der Waals surface area contributed by atoms with Crippen LogP contribution in [-0.2, 0) is 4.79 Å². The summed E-state index contributed by atoms with van der Waals surface area (Å²) in [5.74, 6) is 0.511. The number of piperidine rings is 1. The van der Waals surface area contributed by atoms with Gasteiger partial charge >= 0.3 is 0 Å². The molecule has 2 fully saturated rings. The normalized spacial score (nSPS) is 18.1. The van der Waals surface area contributed by atoms with Crippen molar-refractivity contribution in [2.24, 2.45) is 5.92 Å². The molecule has 2 aliphatic rings. The maximum absolute atomic E-state index is 13.3. The number of carbonyl (C=O) groups excluding carboxylic acids is 2. The van der Waals surface area contributed by atoms with Gasteiger partial charge in [0.25, 0.3) is 5.91 Å². The van der Waals surface area contributed by atoms with E-state index in [9.17, 15) is 9.59 Å². The van der Waals surface area contributed by atoms with Crippen molar-refractivity contribution >= 4 is 29.1 Å². The van der Waals surface area contributed by atoms with E-state index < -0.39 is 6.04 Å². The summed E-state index contributed by atoms with van der Waals surface area (Å²) in [5, 5.41) is 7.00. The Morgan fingerprint density at radius 3 is 2.50 bits per heavy atom. The summed E-state index contributed by atoms with van der Waals surface area (Å²) in [6.45, 7) is 5.94. The van der Waals surface area contributed by atoms with Crippen molar-refractivity contribution in [1.29, 1.82) is 0 Å². The standard InChI is InChI=1S/C22H32N4O3S/c1-3-23-22(30)26-13-9-16(10-14-26)19(21(28)25-11-4-5-12-25)24-20(27)17-7-6-8-18(15-17)29-2/h6-8,15-16,19H,3-5,9-14H2,1-2H3,(H,23,30)(H,24,27)/t19-/m1/s1. The lowest BCUT2D eigenvalue weighted by molar-refractivity contribution is -0.134. The van der Waals surface area contributed by atoms with Gasteiger partial charge in [-0.25, -0.2) is 0 Å². The third-order valence-electron chi connectivity index (χ3n) is 5.93. The molecule has 0 spiro atoms. The SMILES string of the molecule is CCNC(=S)N1CCC([C@@H](NC(=O)c2cccc(OC)c2)C(=O)N2CCCC2)CC1. The van der Waals surface area contributed by atoms with E-state index in [0.717, 1.165) is 63.5 Å². The number of benzene rings is 1. The van der Waals surface area contributed by atoms with Gasteiger partial charge in [-0.15, -0.1) is 0 Å². The third-order valence-corrected chi connectivity index (χ3v) is 6.33. The Labute approximate surface area is 184 Å². The number of nitrogens with zero attached hydrogens (tertiary/aromatic N) is 2. The predicted octanol–water partition coefficient (Wildman–Crippen LogP) is 2.02. The maximum atomic E-state index is 13.3. The van der Waals surface area contributed by atoms with E-state index in [-0.39, 0.29) is 17.7 Å². The van der Waals surface area contributed by atoms with Crippen molar-refractivity contribution in [2.45, 2.75) is 38.6 Å². The van der Waals surface area contributed by atoms with Crippen LogP contribution in [-0.4, -0.2) is 72.6 Å². The molecule has 2 heterocycles.